The summed E-state index contributed by atoms with van der Waals surface area (Å²) < 4.78 is 1.99. The number of aromatic nitrogens is 2. The molecule has 1 aromatic carbocycles. The van der Waals surface area contributed by atoms with E-state index in [0.717, 1.165) is 23.5 Å². The van der Waals surface area contributed by atoms with Crippen molar-refractivity contribution in [3.63, 3.8) is 0 Å². The third kappa shape index (κ3) is 4.43. The van der Waals surface area contributed by atoms with Gasteiger partial charge in [0.05, 0.1) is 18.3 Å². The maximum atomic E-state index is 11.6. The van der Waals surface area contributed by atoms with Gasteiger partial charge in [0.2, 0.25) is 5.91 Å². The van der Waals surface area contributed by atoms with E-state index in [2.05, 4.69) is 41.6 Å². The lowest BCUT2D eigenvalue weighted by Gasteiger charge is -2.06. The molecule has 0 saturated heterocycles. The first-order valence-electron chi connectivity index (χ1n) is 7.73. The Kier molecular flexibility index (Phi) is 5.53. The average molecular weight is 310 g/mol. The Bertz CT molecular complexity index is 723. The van der Waals surface area contributed by atoms with Crippen molar-refractivity contribution in [3.05, 3.63) is 52.3 Å². The van der Waals surface area contributed by atoms with Crippen molar-refractivity contribution in [2.45, 2.75) is 40.2 Å². The quantitative estimate of drug-likeness (QED) is 0.833. The van der Waals surface area contributed by atoms with Gasteiger partial charge in [-0.25, -0.2) is 0 Å². The molecule has 0 unspecified atom stereocenters. The van der Waals surface area contributed by atoms with Crippen LogP contribution in [0.2, 0.25) is 0 Å². The molecular weight excluding hydrogens is 288 g/mol. The second-order valence-corrected chi connectivity index (χ2v) is 5.73. The van der Waals surface area contributed by atoms with Crippen molar-refractivity contribution in [2.24, 2.45) is 0 Å². The van der Waals surface area contributed by atoms with Gasteiger partial charge in [-0.2, -0.15) is 10.4 Å². The number of nitrogens with one attached hydrogen (secondary N) is 1. The fourth-order valence-electron chi connectivity index (χ4n) is 2.58. The second-order valence-electron chi connectivity index (χ2n) is 5.73. The molecule has 0 aliphatic carbocycles. The van der Waals surface area contributed by atoms with Gasteiger partial charge in [0.25, 0.3) is 0 Å². The van der Waals surface area contributed by atoms with E-state index in [1.807, 2.05) is 24.6 Å². The summed E-state index contributed by atoms with van der Waals surface area (Å²) in [6, 6.07) is 10.3. The first kappa shape index (κ1) is 16.8. The van der Waals surface area contributed by atoms with Gasteiger partial charge in [-0.05, 0) is 38.3 Å². The molecule has 23 heavy (non-hydrogen) atoms. The maximum absolute atomic E-state index is 11.6. The Morgan fingerprint density at radius 3 is 2.61 bits per heavy atom. The van der Waals surface area contributed by atoms with E-state index in [0.29, 0.717) is 12.8 Å². The zero-order valence-corrected chi connectivity index (χ0v) is 13.9. The summed E-state index contributed by atoms with van der Waals surface area (Å²) >= 11 is 0. The number of hydrogen-bond acceptors (Lipinski definition) is 3. The Morgan fingerprint density at radius 1 is 1.26 bits per heavy atom. The highest BCUT2D eigenvalue weighted by molar-refractivity contribution is 5.76. The van der Waals surface area contributed by atoms with Crippen molar-refractivity contribution in [1.82, 2.24) is 15.1 Å². The van der Waals surface area contributed by atoms with Crippen LogP contribution in [0.15, 0.2) is 24.3 Å². The number of carbonyl (C=O) groups is 1. The van der Waals surface area contributed by atoms with Crippen LogP contribution in [-0.4, -0.2) is 22.2 Å². The van der Waals surface area contributed by atoms with Crippen molar-refractivity contribution in [1.29, 1.82) is 5.26 Å². The molecule has 0 spiro atoms. The largest absolute Gasteiger partial charge is 0.343 e. The molecule has 0 aliphatic rings. The predicted molar refractivity (Wildman–Crippen MR) is 88.9 cm³/mol. The zero-order chi connectivity index (χ0) is 16.8. The van der Waals surface area contributed by atoms with Gasteiger partial charge < -0.3 is 5.32 Å². The molecule has 5 nitrogen and oxygen atoms in total. The summed E-state index contributed by atoms with van der Waals surface area (Å²) in [5.41, 5.74) is 5.62. The molecule has 1 amide bonds. The van der Waals surface area contributed by atoms with Crippen LogP contribution in [0.3, 0.4) is 0 Å². The molecule has 0 aliphatic heterocycles. The number of carbonyl (C=O) groups excluding carboxylic acids is 1. The Hall–Kier alpha value is -2.61. The van der Waals surface area contributed by atoms with E-state index < -0.39 is 0 Å². The molecular formula is C18H22N4O. The number of hydrogen-bond donors (Lipinski definition) is 1. The van der Waals surface area contributed by atoms with Gasteiger partial charge >= 0.3 is 0 Å². The molecule has 1 heterocycles. The number of benzene rings is 1. The van der Waals surface area contributed by atoms with E-state index in [4.69, 9.17) is 5.26 Å². The lowest BCUT2D eigenvalue weighted by molar-refractivity contribution is -0.120. The number of aryl methyl sites for hydroxylation is 2. The third-order valence-electron chi connectivity index (χ3n) is 3.95. The van der Waals surface area contributed by atoms with Crippen molar-refractivity contribution in [3.8, 4) is 6.07 Å². The van der Waals surface area contributed by atoms with Crippen molar-refractivity contribution >= 4 is 5.91 Å². The van der Waals surface area contributed by atoms with Crippen LogP contribution in [0, 0.1) is 32.1 Å². The van der Waals surface area contributed by atoms with E-state index in [-0.39, 0.29) is 12.5 Å². The Morgan fingerprint density at radius 2 is 1.96 bits per heavy atom. The Labute approximate surface area is 136 Å². The molecule has 0 atom stereocenters. The lowest BCUT2D eigenvalue weighted by Crippen LogP contribution is -2.23. The summed E-state index contributed by atoms with van der Waals surface area (Å²) in [6.07, 6.45) is 1.02. The molecule has 2 rings (SSSR count). The van der Waals surface area contributed by atoms with E-state index >= 15 is 0 Å². The fourth-order valence-corrected chi connectivity index (χ4v) is 2.58. The van der Waals surface area contributed by atoms with Crippen LogP contribution in [0.1, 0.15) is 34.5 Å². The smallest absolute Gasteiger partial charge is 0.221 e. The summed E-state index contributed by atoms with van der Waals surface area (Å²) in [5.74, 6) is -0.100. The van der Waals surface area contributed by atoms with E-state index in [9.17, 15) is 4.79 Å². The van der Waals surface area contributed by atoms with Gasteiger partial charge in [0, 0.05) is 12.1 Å². The minimum atomic E-state index is -0.100. The number of nitriles is 1. The summed E-state index contributed by atoms with van der Waals surface area (Å²) in [7, 11) is 0. The minimum Gasteiger partial charge on any atom is -0.343 e. The average Bonchev–Trinajstić information content (AvgIpc) is 2.79. The monoisotopic (exact) mass is 310 g/mol. The topological polar surface area (TPSA) is 70.7 Å². The molecule has 0 saturated carbocycles. The zero-order valence-electron chi connectivity index (χ0n) is 13.9. The second kappa shape index (κ2) is 7.59. The number of rotatable bonds is 6. The molecule has 5 heteroatoms. The molecule has 120 valence electrons. The summed E-state index contributed by atoms with van der Waals surface area (Å²) in [5, 5.41) is 15.6. The molecule has 0 radical (unpaired) electrons. The van der Waals surface area contributed by atoms with Crippen molar-refractivity contribution in [2.75, 3.05) is 6.54 Å². The molecule has 1 N–H and O–H groups in total. The highest BCUT2D eigenvalue weighted by Crippen LogP contribution is 2.17. The number of nitrogens with zero attached hydrogens (tertiary/aromatic N) is 3. The minimum absolute atomic E-state index is 0.0590. The fraction of sp³-hybridized carbons (Fsp3) is 0.389. The highest BCUT2D eigenvalue weighted by Gasteiger charge is 2.13. The summed E-state index contributed by atoms with van der Waals surface area (Å²) in [6.45, 7) is 6.87. The van der Waals surface area contributed by atoms with Crippen LogP contribution in [0.4, 0.5) is 0 Å². The SMILES string of the molecule is Cc1ccc(Cn2nc(C)c(CCC(=O)NCC#N)c2C)cc1. The lowest BCUT2D eigenvalue weighted by atomic mass is 10.1. The third-order valence-corrected chi connectivity index (χ3v) is 3.95. The van der Waals surface area contributed by atoms with Crippen LogP contribution in [0.25, 0.3) is 0 Å². The van der Waals surface area contributed by atoms with Gasteiger partial charge in [-0.15, -0.1) is 0 Å². The van der Waals surface area contributed by atoms with Gasteiger partial charge in [0.15, 0.2) is 0 Å². The summed E-state index contributed by atoms with van der Waals surface area (Å²) in [4.78, 5) is 11.6. The van der Waals surface area contributed by atoms with Crippen LogP contribution < -0.4 is 5.32 Å². The first-order valence-corrected chi connectivity index (χ1v) is 7.73. The van der Waals surface area contributed by atoms with Crippen molar-refractivity contribution < 1.29 is 4.79 Å². The number of amides is 1. The van der Waals surface area contributed by atoms with Crippen LogP contribution in [-0.2, 0) is 17.8 Å². The van der Waals surface area contributed by atoms with Crippen LogP contribution in [0.5, 0.6) is 0 Å². The maximum Gasteiger partial charge on any atom is 0.221 e. The molecule has 1 aromatic heterocycles. The normalized spacial score (nSPS) is 10.3. The first-order chi connectivity index (χ1) is 11.0. The Balaban J connectivity index is 2.05. The standard InChI is InChI=1S/C18H22N4O/c1-13-4-6-16(7-5-13)12-22-15(3)17(14(2)21-22)8-9-18(23)20-11-10-19/h4-7H,8-9,11-12H2,1-3H3,(H,20,23). The van der Waals surface area contributed by atoms with E-state index in [1.54, 1.807) is 0 Å². The van der Waals surface area contributed by atoms with Gasteiger partial charge in [-0.1, -0.05) is 29.8 Å². The van der Waals surface area contributed by atoms with Gasteiger partial charge in [-0.3, -0.25) is 9.48 Å². The predicted octanol–water partition coefficient (Wildman–Crippen LogP) is 2.43. The van der Waals surface area contributed by atoms with Crippen LogP contribution >= 0.6 is 0 Å². The highest BCUT2D eigenvalue weighted by atomic mass is 16.1. The van der Waals surface area contributed by atoms with E-state index in [1.165, 1.54) is 11.1 Å². The molecule has 0 fully saturated rings. The molecule has 2 aromatic rings. The van der Waals surface area contributed by atoms with Gasteiger partial charge in [0.1, 0.15) is 6.54 Å². The molecule has 0 bridgehead atoms.